The molecule has 0 bridgehead atoms. The summed E-state index contributed by atoms with van der Waals surface area (Å²) in [6.45, 7) is 0.721. The summed E-state index contributed by atoms with van der Waals surface area (Å²) in [7, 11) is 1.60. The largest absolute Gasteiger partial charge is 0.497 e. The van der Waals surface area contributed by atoms with Crippen molar-refractivity contribution in [1.29, 1.82) is 0 Å². The van der Waals surface area contributed by atoms with E-state index in [1.807, 2.05) is 59.3 Å². The van der Waals surface area contributed by atoms with Gasteiger partial charge < -0.3 is 20.4 Å². The zero-order valence-electron chi connectivity index (χ0n) is 18.1. The van der Waals surface area contributed by atoms with Crippen molar-refractivity contribution in [1.82, 2.24) is 15.2 Å². The summed E-state index contributed by atoms with van der Waals surface area (Å²) in [4.78, 5) is 26.7. The number of unbranched alkanes of at least 4 members (excludes halogenated alkanes) is 1. The van der Waals surface area contributed by atoms with E-state index in [1.54, 1.807) is 7.11 Å². The molecule has 9 heteroatoms. The maximum atomic E-state index is 12.8. The highest BCUT2D eigenvalue weighted by Crippen LogP contribution is 2.37. The Balaban J connectivity index is 1.66. The number of carbonyl (C=O) groups excluding carboxylic acids is 2. The molecule has 2 aromatic carbocycles. The normalized spacial score (nSPS) is 13.5. The number of imide groups is 1. The Morgan fingerprint density at radius 2 is 1.88 bits per heavy atom. The van der Waals surface area contributed by atoms with E-state index < -0.39 is 5.91 Å². The van der Waals surface area contributed by atoms with Gasteiger partial charge in [-0.1, -0.05) is 30.0 Å². The van der Waals surface area contributed by atoms with Gasteiger partial charge in [-0.25, -0.2) is 0 Å². The molecule has 0 spiro atoms. The van der Waals surface area contributed by atoms with Crippen LogP contribution < -0.4 is 21.1 Å². The molecule has 4 N–H and O–H groups in total. The van der Waals surface area contributed by atoms with E-state index >= 15 is 0 Å². The Morgan fingerprint density at radius 1 is 1.12 bits per heavy atom. The standard InChI is InChI=1S/C24H24N4O3S2/c1-31-16-9-11-17(12-10-16)33-21-20(22(29)27-23(21)30)28-14-15(6-4-5-13-26-24(25)32)18-7-2-3-8-19(18)28/h2-3,7-12,14H,4-6,13H2,1H3,(H3,25,26,32)(H,27,29,30). The number of hydrogen-bond donors (Lipinski definition) is 3. The lowest BCUT2D eigenvalue weighted by Crippen LogP contribution is -2.29. The van der Waals surface area contributed by atoms with E-state index in [0.717, 1.165) is 52.9 Å². The van der Waals surface area contributed by atoms with Crippen LogP contribution in [-0.2, 0) is 16.0 Å². The number of fused-ring (bicyclic) bond motifs is 1. The summed E-state index contributed by atoms with van der Waals surface area (Å²) in [5.74, 6) is -0.0621. The van der Waals surface area contributed by atoms with E-state index in [-0.39, 0.29) is 5.91 Å². The molecule has 7 nitrogen and oxygen atoms in total. The highest BCUT2D eigenvalue weighted by molar-refractivity contribution is 8.04. The number of carbonyl (C=O) groups is 2. The zero-order chi connectivity index (χ0) is 23.4. The number of aromatic nitrogens is 1. The van der Waals surface area contributed by atoms with Gasteiger partial charge in [-0.15, -0.1) is 0 Å². The molecule has 0 aliphatic carbocycles. The third-order valence-corrected chi connectivity index (χ3v) is 6.59. The first-order valence-corrected chi connectivity index (χ1v) is 11.7. The van der Waals surface area contributed by atoms with E-state index in [2.05, 4.69) is 10.6 Å². The summed E-state index contributed by atoms with van der Waals surface area (Å²) < 4.78 is 7.04. The van der Waals surface area contributed by atoms with E-state index in [0.29, 0.717) is 15.7 Å². The van der Waals surface area contributed by atoms with Crippen LogP contribution in [0.4, 0.5) is 0 Å². The fourth-order valence-electron chi connectivity index (χ4n) is 3.79. The second-order valence-corrected chi connectivity index (χ2v) is 9.05. The summed E-state index contributed by atoms with van der Waals surface area (Å²) in [5, 5.41) is 6.78. The van der Waals surface area contributed by atoms with Gasteiger partial charge in [0.15, 0.2) is 5.11 Å². The Bertz CT molecular complexity index is 1250. The Labute approximate surface area is 201 Å². The number of thiocarbonyl (C=S) groups is 1. The summed E-state index contributed by atoms with van der Waals surface area (Å²) in [6, 6.07) is 15.3. The third kappa shape index (κ3) is 5.04. The predicted molar refractivity (Wildman–Crippen MR) is 135 cm³/mol. The van der Waals surface area contributed by atoms with Gasteiger partial charge in [-0.3, -0.25) is 14.9 Å². The minimum Gasteiger partial charge on any atom is -0.497 e. The molecule has 0 radical (unpaired) electrons. The first-order valence-electron chi connectivity index (χ1n) is 10.5. The fourth-order valence-corrected chi connectivity index (χ4v) is 4.83. The molecule has 1 aromatic heterocycles. The first-order chi connectivity index (χ1) is 16.0. The number of nitrogens with two attached hydrogens (primary N) is 1. The van der Waals surface area contributed by atoms with E-state index in [1.165, 1.54) is 11.8 Å². The third-order valence-electron chi connectivity index (χ3n) is 5.35. The van der Waals surface area contributed by atoms with Crippen LogP contribution in [0.25, 0.3) is 16.6 Å². The molecule has 1 aliphatic rings. The quantitative estimate of drug-likeness (QED) is 0.245. The zero-order valence-corrected chi connectivity index (χ0v) is 19.7. The maximum absolute atomic E-state index is 12.8. The van der Waals surface area contributed by atoms with Crippen LogP contribution in [0.2, 0.25) is 0 Å². The van der Waals surface area contributed by atoms with E-state index in [9.17, 15) is 9.59 Å². The van der Waals surface area contributed by atoms with Crippen molar-refractivity contribution in [2.45, 2.75) is 24.2 Å². The van der Waals surface area contributed by atoms with Gasteiger partial charge >= 0.3 is 0 Å². The second-order valence-electron chi connectivity index (χ2n) is 7.53. The van der Waals surface area contributed by atoms with Crippen molar-refractivity contribution in [2.75, 3.05) is 13.7 Å². The highest BCUT2D eigenvalue weighted by Gasteiger charge is 2.33. The number of nitrogens with zero attached hydrogens (tertiary/aromatic N) is 1. The monoisotopic (exact) mass is 480 g/mol. The predicted octanol–water partition coefficient (Wildman–Crippen LogP) is 3.42. The second kappa shape index (κ2) is 10.1. The number of thioether (sulfide) groups is 1. The van der Waals surface area contributed by atoms with Gasteiger partial charge in [0.05, 0.1) is 12.6 Å². The van der Waals surface area contributed by atoms with Crippen molar-refractivity contribution in [3.63, 3.8) is 0 Å². The smallest absolute Gasteiger partial charge is 0.276 e. The molecule has 4 rings (SSSR count). The van der Waals surface area contributed by atoms with Crippen LogP contribution in [0.3, 0.4) is 0 Å². The minimum atomic E-state index is -0.399. The average molecular weight is 481 g/mol. The Hall–Kier alpha value is -3.30. The van der Waals surface area contributed by atoms with Crippen LogP contribution in [0.1, 0.15) is 18.4 Å². The first kappa shape index (κ1) is 22.9. The fraction of sp³-hybridized carbons (Fsp3) is 0.208. The molecule has 33 heavy (non-hydrogen) atoms. The number of para-hydroxylation sites is 1. The molecule has 1 aliphatic heterocycles. The number of methoxy groups -OCH3 is 1. The van der Waals surface area contributed by atoms with Gasteiger partial charge in [0, 0.05) is 23.0 Å². The Morgan fingerprint density at radius 3 is 2.61 bits per heavy atom. The van der Waals surface area contributed by atoms with Crippen LogP contribution >= 0.6 is 24.0 Å². The molecule has 2 heterocycles. The minimum absolute atomic E-state index is 0.303. The van der Waals surface area contributed by atoms with Gasteiger partial charge in [-0.2, -0.15) is 0 Å². The number of benzene rings is 2. The number of nitrogens with one attached hydrogen (secondary N) is 2. The lowest BCUT2D eigenvalue weighted by atomic mass is 10.1. The number of ether oxygens (including phenoxy) is 1. The number of amides is 2. The van der Waals surface area contributed by atoms with Gasteiger partial charge in [-0.05, 0) is 67.4 Å². The molecule has 2 amide bonds. The van der Waals surface area contributed by atoms with Crippen molar-refractivity contribution < 1.29 is 14.3 Å². The molecule has 3 aromatic rings. The van der Waals surface area contributed by atoms with Crippen molar-refractivity contribution in [2.24, 2.45) is 5.73 Å². The number of hydrogen-bond acceptors (Lipinski definition) is 5. The molecule has 0 saturated carbocycles. The number of aryl methyl sites for hydroxylation is 1. The molecular weight excluding hydrogens is 456 g/mol. The van der Waals surface area contributed by atoms with Crippen LogP contribution in [0.15, 0.2) is 64.5 Å². The molecule has 170 valence electrons. The van der Waals surface area contributed by atoms with Crippen LogP contribution in [-0.4, -0.2) is 35.1 Å². The molecular formula is C24H24N4O3S2. The lowest BCUT2D eigenvalue weighted by molar-refractivity contribution is -0.123. The molecule has 0 unspecified atom stereocenters. The summed E-state index contributed by atoms with van der Waals surface area (Å²) in [6.07, 6.45) is 4.64. The van der Waals surface area contributed by atoms with Gasteiger partial charge in [0.25, 0.3) is 11.8 Å². The lowest BCUT2D eigenvalue weighted by Gasteiger charge is -2.07. The summed E-state index contributed by atoms with van der Waals surface area (Å²) in [5.41, 5.74) is 7.83. The molecule has 0 saturated heterocycles. The van der Waals surface area contributed by atoms with Gasteiger partial charge in [0.2, 0.25) is 0 Å². The van der Waals surface area contributed by atoms with Crippen molar-refractivity contribution >= 4 is 57.5 Å². The maximum Gasteiger partial charge on any atom is 0.276 e. The van der Waals surface area contributed by atoms with Crippen LogP contribution in [0, 0.1) is 0 Å². The molecule has 0 fully saturated rings. The number of rotatable bonds is 9. The average Bonchev–Trinajstić information content (AvgIpc) is 3.30. The Kier molecular flexibility index (Phi) is 7.00. The van der Waals surface area contributed by atoms with Crippen molar-refractivity contribution in [3.8, 4) is 5.75 Å². The highest BCUT2D eigenvalue weighted by atomic mass is 32.2. The van der Waals surface area contributed by atoms with Crippen LogP contribution in [0.5, 0.6) is 5.75 Å². The van der Waals surface area contributed by atoms with Gasteiger partial charge in [0.1, 0.15) is 16.4 Å². The van der Waals surface area contributed by atoms with E-state index in [4.69, 9.17) is 22.7 Å². The molecule has 0 atom stereocenters. The summed E-state index contributed by atoms with van der Waals surface area (Å²) >= 11 is 6.11. The SMILES string of the molecule is COc1ccc(SC2=C(n3cc(CCCCNC(N)=S)c4ccccc43)C(=O)NC2=O)cc1. The topological polar surface area (TPSA) is 98.4 Å². The van der Waals surface area contributed by atoms with Crippen molar-refractivity contribution in [3.05, 3.63) is 65.2 Å².